The van der Waals surface area contributed by atoms with Crippen molar-refractivity contribution in [3.63, 3.8) is 0 Å². The lowest BCUT2D eigenvalue weighted by Crippen LogP contribution is -2.66. The van der Waals surface area contributed by atoms with Gasteiger partial charge in [0.05, 0.1) is 13.2 Å². The van der Waals surface area contributed by atoms with Crippen molar-refractivity contribution in [2.75, 3.05) is 19.8 Å². The van der Waals surface area contributed by atoms with Crippen molar-refractivity contribution in [3.8, 4) is 0 Å². The highest BCUT2D eigenvalue weighted by atomic mass is 16.7. The topological polar surface area (TPSA) is 21.7 Å². The van der Waals surface area contributed by atoms with Crippen molar-refractivity contribution < 1.29 is 9.47 Å². The molecule has 0 atom stereocenters. The minimum absolute atomic E-state index is 0.0747. The number of hydrogen-bond acceptors (Lipinski definition) is 3. The second-order valence-electron chi connectivity index (χ2n) is 6.68. The molecule has 0 N–H and O–H groups in total. The van der Waals surface area contributed by atoms with Crippen molar-refractivity contribution >= 4 is 0 Å². The summed E-state index contributed by atoms with van der Waals surface area (Å²) in [5.41, 5.74) is 2.43. The predicted molar refractivity (Wildman–Crippen MR) is 85.0 cm³/mol. The maximum atomic E-state index is 6.24. The molecule has 0 spiro atoms. The molecule has 0 saturated carbocycles. The average Bonchev–Trinajstić information content (AvgIpc) is 2.57. The Kier molecular flexibility index (Phi) is 3.30. The van der Waals surface area contributed by atoms with Crippen molar-refractivity contribution in [2.45, 2.75) is 19.4 Å². The summed E-state index contributed by atoms with van der Waals surface area (Å²) in [5, 5.41) is 0. The SMILES string of the molecule is CC12COC(c3ccccc3)(OC1)N(Cc1ccccc1)C2. The fourth-order valence-electron chi connectivity index (χ4n) is 3.43. The second kappa shape index (κ2) is 5.20. The van der Waals surface area contributed by atoms with E-state index in [0.29, 0.717) is 0 Å². The van der Waals surface area contributed by atoms with E-state index in [1.807, 2.05) is 24.3 Å². The third kappa shape index (κ3) is 2.26. The number of ether oxygens (including phenoxy) is 2. The summed E-state index contributed by atoms with van der Waals surface area (Å²) < 4.78 is 12.5. The van der Waals surface area contributed by atoms with Crippen LogP contribution >= 0.6 is 0 Å². The molecule has 2 aromatic rings. The minimum Gasteiger partial charge on any atom is -0.333 e. The highest BCUT2D eigenvalue weighted by molar-refractivity contribution is 5.23. The molecule has 3 fully saturated rings. The third-order valence-electron chi connectivity index (χ3n) is 4.58. The standard InChI is InChI=1S/C19H21NO2/c1-18-13-20(12-16-8-4-2-5-9-16)19(21-14-18,22-15-18)17-10-6-3-7-11-17/h2-11H,12-15H2,1H3. The van der Waals surface area contributed by atoms with Crippen LogP contribution in [0.15, 0.2) is 60.7 Å². The van der Waals surface area contributed by atoms with Crippen molar-refractivity contribution in [1.82, 2.24) is 4.90 Å². The van der Waals surface area contributed by atoms with Gasteiger partial charge in [0, 0.05) is 24.1 Å². The number of fused-ring (bicyclic) bond motifs is 3. The first-order chi connectivity index (χ1) is 10.7. The Labute approximate surface area is 131 Å². The largest absolute Gasteiger partial charge is 0.333 e. The maximum Gasteiger partial charge on any atom is 0.258 e. The van der Waals surface area contributed by atoms with Gasteiger partial charge >= 0.3 is 0 Å². The summed E-state index contributed by atoms with van der Waals surface area (Å²) in [6, 6.07) is 20.8. The molecular formula is C19H21NO2. The molecule has 22 heavy (non-hydrogen) atoms. The summed E-state index contributed by atoms with van der Waals surface area (Å²) in [6.07, 6.45) is 0. The lowest BCUT2D eigenvalue weighted by atomic mass is 9.86. The fraction of sp³-hybridized carbons (Fsp3) is 0.368. The Hall–Kier alpha value is -1.68. The molecule has 2 bridgehead atoms. The first-order valence-electron chi connectivity index (χ1n) is 7.83. The van der Waals surface area contributed by atoms with E-state index in [2.05, 4.69) is 48.2 Å². The Balaban J connectivity index is 1.71. The number of rotatable bonds is 3. The van der Waals surface area contributed by atoms with Crippen LogP contribution in [0.3, 0.4) is 0 Å². The molecule has 3 saturated heterocycles. The summed E-state index contributed by atoms with van der Waals surface area (Å²) in [5.74, 6) is -0.741. The van der Waals surface area contributed by atoms with Gasteiger partial charge in [0.1, 0.15) is 0 Å². The Bertz CT molecular complexity index is 633. The fourth-order valence-corrected chi connectivity index (χ4v) is 3.43. The Morgan fingerprint density at radius 1 is 0.909 bits per heavy atom. The molecule has 3 heterocycles. The highest BCUT2D eigenvalue weighted by Gasteiger charge is 2.54. The monoisotopic (exact) mass is 295 g/mol. The van der Waals surface area contributed by atoms with E-state index in [9.17, 15) is 0 Å². The third-order valence-corrected chi connectivity index (χ3v) is 4.58. The maximum absolute atomic E-state index is 6.24. The zero-order valence-corrected chi connectivity index (χ0v) is 12.9. The quantitative estimate of drug-likeness (QED) is 0.866. The van der Waals surface area contributed by atoms with Crippen LogP contribution in [-0.2, 0) is 21.9 Å². The van der Waals surface area contributed by atoms with E-state index >= 15 is 0 Å². The summed E-state index contributed by atoms with van der Waals surface area (Å²) >= 11 is 0. The average molecular weight is 295 g/mol. The number of hydrogen-bond donors (Lipinski definition) is 0. The summed E-state index contributed by atoms with van der Waals surface area (Å²) in [6.45, 7) is 5.53. The van der Waals surface area contributed by atoms with E-state index in [0.717, 1.165) is 31.9 Å². The van der Waals surface area contributed by atoms with Crippen LogP contribution in [0.5, 0.6) is 0 Å². The minimum atomic E-state index is -0.741. The van der Waals surface area contributed by atoms with Gasteiger partial charge in [0.2, 0.25) is 0 Å². The van der Waals surface area contributed by atoms with Crippen LogP contribution in [0.2, 0.25) is 0 Å². The first-order valence-corrected chi connectivity index (χ1v) is 7.83. The molecule has 2 aromatic carbocycles. The van der Waals surface area contributed by atoms with E-state index in [4.69, 9.17) is 9.47 Å². The van der Waals surface area contributed by atoms with Crippen molar-refractivity contribution in [1.29, 1.82) is 0 Å². The van der Waals surface area contributed by atoms with E-state index in [-0.39, 0.29) is 5.41 Å². The molecule has 3 aliphatic rings. The zero-order chi connectivity index (χ0) is 15.0. The van der Waals surface area contributed by atoms with Crippen LogP contribution < -0.4 is 0 Å². The molecular weight excluding hydrogens is 274 g/mol. The molecule has 0 unspecified atom stereocenters. The van der Waals surface area contributed by atoms with Crippen molar-refractivity contribution in [3.05, 3.63) is 71.8 Å². The molecule has 3 heteroatoms. The second-order valence-corrected chi connectivity index (χ2v) is 6.68. The number of benzene rings is 2. The van der Waals surface area contributed by atoms with E-state index in [1.165, 1.54) is 5.56 Å². The van der Waals surface area contributed by atoms with Gasteiger partial charge in [-0.25, -0.2) is 4.90 Å². The molecule has 114 valence electrons. The summed E-state index contributed by atoms with van der Waals surface area (Å²) in [4.78, 5) is 2.32. The van der Waals surface area contributed by atoms with Crippen LogP contribution in [0.25, 0.3) is 0 Å². The van der Waals surface area contributed by atoms with Crippen molar-refractivity contribution in [2.24, 2.45) is 5.41 Å². The van der Waals surface area contributed by atoms with Gasteiger partial charge < -0.3 is 9.47 Å². The van der Waals surface area contributed by atoms with Gasteiger partial charge in [-0.15, -0.1) is 0 Å². The lowest BCUT2D eigenvalue weighted by molar-refractivity contribution is -0.420. The zero-order valence-electron chi connectivity index (χ0n) is 12.9. The van der Waals surface area contributed by atoms with Crippen LogP contribution in [0.4, 0.5) is 0 Å². The first kappa shape index (κ1) is 13.9. The normalized spacial score (nSPS) is 31.3. The van der Waals surface area contributed by atoms with Gasteiger partial charge in [0.25, 0.3) is 5.91 Å². The molecule has 0 aliphatic carbocycles. The lowest BCUT2D eigenvalue weighted by Gasteiger charge is -2.57. The Morgan fingerprint density at radius 3 is 2.14 bits per heavy atom. The van der Waals surface area contributed by atoms with Gasteiger partial charge in [-0.05, 0) is 5.56 Å². The predicted octanol–water partition coefficient (Wildman–Crippen LogP) is 3.37. The highest BCUT2D eigenvalue weighted by Crippen LogP contribution is 2.46. The van der Waals surface area contributed by atoms with E-state index < -0.39 is 5.91 Å². The Morgan fingerprint density at radius 2 is 1.50 bits per heavy atom. The summed E-state index contributed by atoms with van der Waals surface area (Å²) in [7, 11) is 0. The van der Waals surface area contributed by atoms with Gasteiger partial charge in [-0.1, -0.05) is 67.6 Å². The molecule has 5 rings (SSSR count). The van der Waals surface area contributed by atoms with Crippen LogP contribution in [-0.4, -0.2) is 24.7 Å². The molecule has 0 aromatic heterocycles. The van der Waals surface area contributed by atoms with Gasteiger partial charge in [-0.3, -0.25) is 0 Å². The molecule has 0 radical (unpaired) electrons. The van der Waals surface area contributed by atoms with Crippen LogP contribution in [0, 0.1) is 5.41 Å². The van der Waals surface area contributed by atoms with Gasteiger partial charge in [-0.2, -0.15) is 0 Å². The molecule has 3 nitrogen and oxygen atoms in total. The van der Waals surface area contributed by atoms with Crippen LogP contribution in [0.1, 0.15) is 18.1 Å². The van der Waals surface area contributed by atoms with E-state index in [1.54, 1.807) is 0 Å². The smallest absolute Gasteiger partial charge is 0.258 e. The molecule has 3 aliphatic heterocycles. The molecule has 0 amide bonds. The number of nitrogens with zero attached hydrogens (tertiary/aromatic N) is 1. The van der Waals surface area contributed by atoms with Gasteiger partial charge in [0.15, 0.2) is 0 Å².